The van der Waals surface area contributed by atoms with Gasteiger partial charge in [0.15, 0.2) is 10.9 Å². The van der Waals surface area contributed by atoms with Gasteiger partial charge in [-0.1, -0.05) is 45.8 Å². The van der Waals surface area contributed by atoms with Crippen molar-refractivity contribution >= 4 is 61.8 Å². The fraction of sp³-hybridized carbons (Fsp3) is 0.333. The molecule has 0 spiro atoms. The molecule has 2 saturated heterocycles. The lowest BCUT2D eigenvalue weighted by molar-refractivity contribution is 0.0203. The largest absolute Gasteiger partial charge is 0.465 e. The number of hydrogen-bond acceptors (Lipinski definition) is 9. The van der Waals surface area contributed by atoms with Crippen molar-refractivity contribution in [1.82, 2.24) is 10.1 Å². The van der Waals surface area contributed by atoms with E-state index in [9.17, 15) is 14.0 Å². The van der Waals surface area contributed by atoms with Gasteiger partial charge in [0.1, 0.15) is 28.6 Å². The molecule has 0 radical (unpaired) electrons. The Morgan fingerprint density at radius 1 is 1.13 bits per heavy atom. The van der Waals surface area contributed by atoms with Gasteiger partial charge in [-0.25, -0.2) is 19.0 Å². The Labute approximate surface area is 236 Å². The molecule has 0 amide bonds. The molecule has 8 nitrogen and oxygen atoms in total. The maximum atomic E-state index is 14.7. The van der Waals surface area contributed by atoms with Crippen molar-refractivity contribution in [2.45, 2.75) is 50.8 Å². The molecule has 2 bridgehead atoms. The van der Waals surface area contributed by atoms with Crippen LogP contribution >= 0.6 is 34.5 Å². The monoisotopic (exact) mass is 589 g/mol. The Hall–Kier alpha value is -3.21. The second kappa shape index (κ2) is 10.1. The third kappa shape index (κ3) is 4.54. The average Bonchev–Trinajstić information content (AvgIpc) is 3.57. The van der Waals surface area contributed by atoms with E-state index in [1.165, 1.54) is 18.4 Å². The minimum atomic E-state index is -0.600. The number of ether oxygens (including phenoxy) is 2. The molecule has 12 heteroatoms. The van der Waals surface area contributed by atoms with Gasteiger partial charge >= 0.3 is 11.9 Å². The van der Waals surface area contributed by atoms with Gasteiger partial charge in [0.05, 0.1) is 27.4 Å². The maximum absolute atomic E-state index is 14.7. The normalized spacial score (nSPS) is 20.4. The second-order valence-electron chi connectivity index (χ2n) is 9.64. The van der Waals surface area contributed by atoms with Crippen LogP contribution in [0.2, 0.25) is 10.0 Å². The first-order chi connectivity index (χ1) is 18.7. The quantitative estimate of drug-likeness (QED) is 0.233. The molecule has 3 atom stereocenters. The Bertz CT molecular complexity index is 1590. The molecule has 0 unspecified atom stereocenters. The summed E-state index contributed by atoms with van der Waals surface area (Å²) < 4.78 is 31.4. The topological polar surface area (TPSA) is 94.8 Å². The summed E-state index contributed by atoms with van der Waals surface area (Å²) in [4.78, 5) is 32.0. The smallest absolute Gasteiger partial charge is 0.344 e. The minimum Gasteiger partial charge on any atom is -0.465 e. The number of carbonyl (C=O) groups is 2. The van der Waals surface area contributed by atoms with E-state index in [0.29, 0.717) is 44.0 Å². The predicted octanol–water partition coefficient (Wildman–Crippen LogP) is 6.85. The SMILES string of the molecule is COC(=O)c1cc(F)c2nc(N3[C@@H]4CC[C@H]3C[C@H](OC(=O)c3c(-c5c(Cl)cccc5Cl)noc3C)C4)sc2c1. The Morgan fingerprint density at radius 2 is 1.82 bits per heavy atom. The van der Waals surface area contributed by atoms with Crippen LogP contribution in [0.1, 0.15) is 52.2 Å². The van der Waals surface area contributed by atoms with Crippen LogP contribution in [0, 0.1) is 12.7 Å². The fourth-order valence-electron chi connectivity index (χ4n) is 5.58. The van der Waals surface area contributed by atoms with Gasteiger partial charge in [0, 0.05) is 30.5 Å². The van der Waals surface area contributed by atoms with Crippen molar-refractivity contribution in [2.75, 3.05) is 12.0 Å². The first-order valence-electron chi connectivity index (χ1n) is 12.3. The maximum Gasteiger partial charge on any atom is 0.344 e. The van der Waals surface area contributed by atoms with Crippen LogP contribution in [0.25, 0.3) is 21.5 Å². The van der Waals surface area contributed by atoms with Gasteiger partial charge in [-0.15, -0.1) is 0 Å². The molecule has 2 aromatic heterocycles. The van der Waals surface area contributed by atoms with Gasteiger partial charge in [0.25, 0.3) is 0 Å². The van der Waals surface area contributed by atoms with Crippen molar-refractivity contribution in [3.05, 3.63) is 63.1 Å². The lowest BCUT2D eigenvalue weighted by Crippen LogP contribution is -2.46. The lowest BCUT2D eigenvalue weighted by Gasteiger charge is -2.38. The van der Waals surface area contributed by atoms with Crippen LogP contribution in [-0.4, -0.2) is 47.4 Å². The van der Waals surface area contributed by atoms with Gasteiger partial charge in [-0.3, -0.25) is 0 Å². The number of methoxy groups -OCH3 is 1. The van der Waals surface area contributed by atoms with E-state index in [4.69, 9.17) is 37.2 Å². The summed E-state index contributed by atoms with van der Waals surface area (Å²) in [6.45, 7) is 1.64. The minimum absolute atomic E-state index is 0.0753. The highest BCUT2D eigenvalue weighted by molar-refractivity contribution is 7.22. The standard InChI is InChI=1S/C27H22Cl2FN3O5S/c1-12-21(24(32-38-12)22-17(28)4-3-5-18(22)29)26(35)37-16-10-14-6-7-15(11-16)33(14)27-31-23-19(30)8-13(25(34)36-2)9-20(23)39-27/h3-5,8-9,14-16H,6-7,10-11H2,1-2H3/t14-,15+,16-. The van der Waals surface area contributed by atoms with E-state index in [1.54, 1.807) is 31.2 Å². The molecular weight excluding hydrogens is 568 g/mol. The zero-order valence-corrected chi connectivity index (χ0v) is 23.2. The molecule has 0 N–H and O–H groups in total. The highest BCUT2D eigenvalue weighted by Gasteiger charge is 2.44. The van der Waals surface area contributed by atoms with Gasteiger partial charge < -0.3 is 18.9 Å². The van der Waals surface area contributed by atoms with Crippen LogP contribution in [0.4, 0.5) is 9.52 Å². The number of aryl methyl sites for hydroxylation is 1. The number of anilines is 1. The Balaban J connectivity index is 1.22. The first kappa shape index (κ1) is 26.0. The zero-order chi connectivity index (χ0) is 27.4. The van der Waals surface area contributed by atoms with Crippen LogP contribution in [0.3, 0.4) is 0 Å². The third-order valence-corrected chi connectivity index (χ3v) is 8.95. The molecule has 0 saturated carbocycles. The molecular formula is C27H22Cl2FN3O5S. The van der Waals surface area contributed by atoms with E-state index in [2.05, 4.69) is 15.0 Å². The van der Waals surface area contributed by atoms with E-state index < -0.39 is 17.8 Å². The van der Waals surface area contributed by atoms with Gasteiger partial charge in [-0.2, -0.15) is 0 Å². The number of rotatable bonds is 5. The summed E-state index contributed by atoms with van der Waals surface area (Å²) >= 11 is 14.1. The molecule has 4 heterocycles. The summed E-state index contributed by atoms with van der Waals surface area (Å²) in [6.07, 6.45) is 2.67. The number of thiazole rings is 1. The van der Waals surface area contributed by atoms with Crippen molar-refractivity contribution in [1.29, 1.82) is 0 Å². The number of piperidine rings is 1. The highest BCUT2D eigenvalue weighted by atomic mass is 35.5. The Kier molecular flexibility index (Phi) is 6.73. The molecule has 2 fully saturated rings. The van der Waals surface area contributed by atoms with Crippen molar-refractivity contribution in [3.8, 4) is 11.3 Å². The summed E-state index contributed by atoms with van der Waals surface area (Å²) in [5.74, 6) is -1.40. The van der Waals surface area contributed by atoms with Crippen LogP contribution < -0.4 is 4.90 Å². The Morgan fingerprint density at radius 3 is 2.49 bits per heavy atom. The third-order valence-electron chi connectivity index (χ3n) is 7.31. The van der Waals surface area contributed by atoms with Crippen LogP contribution in [0.5, 0.6) is 0 Å². The van der Waals surface area contributed by atoms with Crippen molar-refractivity contribution in [2.24, 2.45) is 0 Å². The second-order valence-corrected chi connectivity index (χ2v) is 11.5. The number of nitrogens with zero attached hydrogens (tertiary/aromatic N) is 3. The number of hydrogen-bond donors (Lipinski definition) is 0. The van der Waals surface area contributed by atoms with Crippen molar-refractivity contribution < 1.29 is 28.0 Å². The highest BCUT2D eigenvalue weighted by Crippen LogP contribution is 2.44. The fourth-order valence-corrected chi connectivity index (χ4v) is 7.32. The van der Waals surface area contributed by atoms with E-state index in [1.807, 2.05) is 0 Å². The molecule has 39 heavy (non-hydrogen) atoms. The number of aromatic nitrogens is 2. The summed E-state index contributed by atoms with van der Waals surface area (Å²) in [7, 11) is 1.26. The summed E-state index contributed by atoms with van der Waals surface area (Å²) in [6, 6.07) is 7.94. The van der Waals surface area contributed by atoms with E-state index in [-0.39, 0.29) is 40.5 Å². The number of fused-ring (bicyclic) bond motifs is 3. The van der Waals surface area contributed by atoms with E-state index >= 15 is 0 Å². The molecule has 6 rings (SSSR count). The zero-order valence-electron chi connectivity index (χ0n) is 20.9. The van der Waals surface area contributed by atoms with Crippen molar-refractivity contribution in [3.63, 3.8) is 0 Å². The van der Waals surface area contributed by atoms with Crippen LogP contribution in [-0.2, 0) is 9.47 Å². The van der Waals surface area contributed by atoms with E-state index in [0.717, 1.165) is 18.9 Å². The summed E-state index contributed by atoms with van der Waals surface area (Å²) in [5, 5.41) is 5.43. The van der Waals surface area contributed by atoms with Gasteiger partial charge in [-0.05, 0) is 44.0 Å². The summed E-state index contributed by atoms with van der Waals surface area (Å²) in [5.41, 5.74) is 1.23. The first-order valence-corrected chi connectivity index (χ1v) is 13.9. The predicted molar refractivity (Wildman–Crippen MR) is 145 cm³/mol. The molecule has 4 aromatic rings. The average molecular weight is 590 g/mol. The molecule has 2 aromatic carbocycles. The molecule has 2 aliphatic rings. The number of halogens is 3. The number of esters is 2. The molecule has 202 valence electrons. The lowest BCUT2D eigenvalue weighted by atomic mass is 10.00. The molecule has 2 aliphatic heterocycles. The van der Waals surface area contributed by atoms with Gasteiger partial charge in [0.2, 0.25) is 0 Å². The van der Waals surface area contributed by atoms with Crippen LogP contribution in [0.15, 0.2) is 34.9 Å². The number of benzene rings is 2. The number of carbonyl (C=O) groups excluding carboxylic acids is 2. The molecule has 0 aliphatic carbocycles.